The summed E-state index contributed by atoms with van der Waals surface area (Å²) < 4.78 is 48.0. The van der Waals surface area contributed by atoms with E-state index < -0.39 is 12.1 Å². The zero-order chi connectivity index (χ0) is 23.2. The number of esters is 1. The van der Waals surface area contributed by atoms with Gasteiger partial charge < -0.3 is 24.6 Å². The van der Waals surface area contributed by atoms with Crippen molar-refractivity contribution in [3.8, 4) is 0 Å². The molecule has 1 aliphatic heterocycles. The number of hydrogen-bond donors (Lipinski definition) is 2. The van der Waals surface area contributed by atoms with Gasteiger partial charge in [-0.1, -0.05) is 33.3 Å². The third-order valence-corrected chi connectivity index (χ3v) is 4.54. The van der Waals surface area contributed by atoms with Crippen molar-refractivity contribution in [3.63, 3.8) is 0 Å². The quantitative estimate of drug-likeness (QED) is 0.473. The molecule has 0 spiro atoms. The second kappa shape index (κ2) is 15.1. The number of nitrogens with one attached hydrogen (secondary N) is 1. The molecular weight excluding hydrogens is 407 g/mol. The molecule has 1 aliphatic rings. The van der Waals surface area contributed by atoms with Crippen LogP contribution in [0.4, 0.5) is 13.2 Å². The van der Waals surface area contributed by atoms with Crippen molar-refractivity contribution in [1.82, 2.24) is 5.32 Å². The largest absolute Gasteiger partial charge is 0.490 e. The Bertz CT molecular complexity index is 521. The summed E-state index contributed by atoms with van der Waals surface area (Å²) in [7, 11) is 1.73. The molecule has 0 bridgehead atoms. The number of methoxy groups -OCH3 is 1. The molecule has 0 radical (unpaired) electrons. The topological polar surface area (TPSA) is 94.1 Å². The molecule has 1 saturated heterocycles. The van der Waals surface area contributed by atoms with Crippen molar-refractivity contribution >= 4 is 11.9 Å². The van der Waals surface area contributed by atoms with E-state index in [1.54, 1.807) is 7.11 Å². The van der Waals surface area contributed by atoms with E-state index in [1.807, 2.05) is 0 Å². The number of carboxylic acid groups (broad SMARTS) is 1. The van der Waals surface area contributed by atoms with Crippen LogP contribution < -0.4 is 5.32 Å². The lowest BCUT2D eigenvalue weighted by Crippen LogP contribution is -2.33. The highest BCUT2D eigenvalue weighted by atomic mass is 19.4. The van der Waals surface area contributed by atoms with Crippen molar-refractivity contribution < 1.29 is 42.1 Å². The molecule has 1 fully saturated rings. The van der Waals surface area contributed by atoms with Gasteiger partial charge >= 0.3 is 18.1 Å². The molecule has 0 aromatic heterocycles. The summed E-state index contributed by atoms with van der Waals surface area (Å²) in [6.45, 7) is 9.81. The molecule has 0 amide bonds. The van der Waals surface area contributed by atoms with Gasteiger partial charge in [0.05, 0.1) is 12.7 Å². The van der Waals surface area contributed by atoms with Crippen LogP contribution in [0.3, 0.4) is 0 Å². The lowest BCUT2D eigenvalue weighted by molar-refractivity contribution is -0.192. The summed E-state index contributed by atoms with van der Waals surface area (Å²) in [4.78, 5) is 20.7. The molecule has 0 saturated carbocycles. The van der Waals surface area contributed by atoms with Gasteiger partial charge in [-0.15, -0.1) is 0 Å². The minimum atomic E-state index is -5.08. The van der Waals surface area contributed by atoms with Crippen LogP contribution in [0, 0.1) is 5.92 Å². The number of carbonyl (C=O) groups is 2. The van der Waals surface area contributed by atoms with E-state index in [1.165, 1.54) is 12.8 Å². The minimum Gasteiger partial charge on any atom is -0.475 e. The van der Waals surface area contributed by atoms with E-state index in [2.05, 4.69) is 25.7 Å². The molecule has 1 heterocycles. The Hall–Kier alpha value is -1.81. The van der Waals surface area contributed by atoms with E-state index in [4.69, 9.17) is 24.1 Å². The number of halogens is 3. The molecule has 0 aromatic carbocycles. The van der Waals surface area contributed by atoms with Crippen molar-refractivity contribution in [1.29, 1.82) is 0 Å². The van der Waals surface area contributed by atoms with Crippen LogP contribution >= 0.6 is 0 Å². The Morgan fingerprint density at radius 1 is 1.37 bits per heavy atom. The van der Waals surface area contributed by atoms with Gasteiger partial charge in [0.25, 0.3) is 0 Å². The van der Waals surface area contributed by atoms with Crippen LogP contribution in [0.25, 0.3) is 0 Å². The van der Waals surface area contributed by atoms with Gasteiger partial charge in [0, 0.05) is 25.8 Å². The molecule has 176 valence electrons. The molecular formula is C20H34F3NO6. The van der Waals surface area contributed by atoms with Crippen LogP contribution in [-0.4, -0.2) is 62.3 Å². The summed E-state index contributed by atoms with van der Waals surface area (Å²) in [5, 5.41) is 10.2. The Kier molecular flexibility index (Phi) is 14.2. The Morgan fingerprint density at radius 3 is 2.47 bits per heavy atom. The number of carbonyl (C=O) groups excluding carboxylic acids is 1. The van der Waals surface area contributed by atoms with Crippen LogP contribution in [0.2, 0.25) is 0 Å². The fourth-order valence-corrected chi connectivity index (χ4v) is 2.77. The van der Waals surface area contributed by atoms with Crippen molar-refractivity contribution in [3.05, 3.63) is 12.3 Å². The zero-order valence-electron chi connectivity index (χ0n) is 17.9. The zero-order valence-corrected chi connectivity index (χ0v) is 17.9. The highest BCUT2D eigenvalue weighted by molar-refractivity contribution is 5.73. The Balaban J connectivity index is 0.00000103. The number of unbranched alkanes of at least 4 members (excludes halogenated alkanes) is 1. The van der Waals surface area contributed by atoms with Gasteiger partial charge in [-0.05, 0) is 25.2 Å². The molecule has 30 heavy (non-hydrogen) atoms. The van der Waals surface area contributed by atoms with Crippen molar-refractivity contribution in [2.45, 2.75) is 70.8 Å². The van der Waals surface area contributed by atoms with E-state index in [0.717, 1.165) is 31.6 Å². The first-order valence-electron chi connectivity index (χ1n) is 10.0. The maximum absolute atomic E-state index is 11.8. The van der Waals surface area contributed by atoms with E-state index >= 15 is 0 Å². The first-order valence-corrected chi connectivity index (χ1v) is 10.0. The fraction of sp³-hybridized carbons (Fsp3) is 0.800. The van der Waals surface area contributed by atoms with E-state index in [-0.39, 0.29) is 24.7 Å². The number of alkyl halides is 3. The first kappa shape index (κ1) is 28.2. The number of hydrogen-bond acceptors (Lipinski definition) is 6. The Labute approximate surface area is 175 Å². The molecule has 3 atom stereocenters. The van der Waals surface area contributed by atoms with Crippen LogP contribution in [0.1, 0.15) is 52.4 Å². The molecule has 0 aromatic rings. The number of ether oxygens (including phenoxy) is 3. The van der Waals surface area contributed by atoms with Gasteiger partial charge in [0.1, 0.15) is 12.6 Å². The second-order valence-corrected chi connectivity index (χ2v) is 7.19. The SMILES string of the molecule is C=C(C[C@@H](OC)[C@@H](C)CCCC)NCC(=O)O[C@@H]1CCCOC1.O=C(O)C(F)(F)F. The maximum atomic E-state index is 11.8. The van der Waals surface area contributed by atoms with Crippen LogP contribution in [-0.2, 0) is 23.8 Å². The van der Waals surface area contributed by atoms with Gasteiger partial charge in [-0.25, -0.2) is 4.79 Å². The number of rotatable bonds is 11. The summed E-state index contributed by atoms with van der Waals surface area (Å²) in [5.41, 5.74) is 0.817. The monoisotopic (exact) mass is 441 g/mol. The predicted molar refractivity (Wildman–Crippen MR) is 105 cm³/mol. The summed E-state index contributed by atoms with van der Waals surface area (Å²) in [5.74, 6) is -2.54. The van der Waals surface area contributed by atoms with Crippen molar-refractivity contribution in [2.75, 3.05) is 26.9 Å². The average molecular weight is 441 g/mol. The number of aliphatic carboxylic acids is 1. The average Bonchev–Trinajstić information content (AvgIpc) is 2.69. The molecule has 2 N–H and O–H groups in total. The molecule has 0 aliphatic carbocycles. The minimum absolute atomic E-state index is 0.105. The third-order valence-electron chi connectivity index (χ3n) is 4.54. The molecule has 10 heteroatoms. The van der Waals surface area contributed by atoms with Crippen molar-refractivity contribution in [2.24, 2.45) is 5.92 Å². The van der Waals surface area contributed by atoms with E-state index in [9.17, 15) is 18.0 Å². The summed E-state index contributed by atoms with van der Waals surface area (Å²) in [6.07, 6.45) is 1.02. The van der Waals surface area contributed by atoms with E-state index in [0.29, 0.717) is 18.9 Å². The highest BCUT2D eigenvalue weighted by Gasteiger charge is 2.38. The first-order chi connectivity index (χ1) is 14.0. The highest BCUT2D eigenvalue weighted by Crippen LogP contribution is 2.19. The Morgan fingerprint density at radius 2 is 2.00 bits per heavy atom. The maximum Gasteiger partial charge on any atom is 0.490 e. The van der Waals surface area contributed by atoms with Crippen LogP contribution in [0.5, 0.6) is 0 Å². The lowest BCUT2D eigenvalue weighted by Gasteiger charge is -2.24. The van der Waals surface area contributed by atoms with Crippen LogP contribution in [0.15, 0.2) is 12.3 Å². The standard InChI is InChI=1S/C18H33NO4.C2HF3O2/c1-5-6-8-14(2)17(21-4)11-15(3)19-12-18(20)23-16-9-7-10-22-13-16;3-2(4,5)1(6)7/h14,16-17,19H,3,5-13H2,1-2,4H3;(H,6,7)/t14-,16+,17+;/m0./s1. The number of carboxylic acids is 1. The lowest BCUT2D eigenvalue weighted by atomic mass is 9.95. The molecule has 7 nitrogen and oxygen atoms in total. The smallest absolute Gasteiger partial charge is 0.475 e. The fourth-order valence-electron chi connectivity index (χ4n) is 2.77. The van der Waals surface area contributed by atoms with Gasteiger partial charge in [-0.3, -0.25) is 4.79 Å². The summed E-state index contributed by atoms with van der Waals surface area (Å²) >= 11 is 0. The molecule has 1 rings (SSSR count). The van der Waals surface area contributed by atoms with Gasteiger partial charge in [0.15, 0.2) is 0 Å². The van der Waals surface area contributed by atoms with Gasteiger partial charge in [-0.2, -0.15) is 13.2 Å². The predicted octanol–water partition coefficient (Wildman–Crippen LogP) is 3.68. The normalized spacial score (nSPS) is 18.4. The summed E-state index contributed by atoms with van der Waals surface area (Å²) in [6, 6.07) is 0. The second-order valence-electron chi connectivity index (χ2n) is 7.19. The third kappa shape index (κ3) is 13.4. The van der Waals surface area contributed by atoms with Gasteiger partial charge in [0.2, 0.25) is 0 Å². The molecule has 0 unspecified atom stereocenters.